The van der Waals surface area contributed by atoms with Crippen molar-refractivity contribution >= 4 is 23.6 Å². The van der Waals surface area contributed by atoms with Crippen LogP contribution in [0.15, 0.2) is 78.9 Å². The number of benzene rings is 3. The minimum absolute atomic E-state index is 0.107. The Morgan fingerprint density at radius 2 is 1.64 bits per heavy atom. The quantitative estimate of drug-likeness (QED) is 0.293. The Balaban J connectivity index is 1.83. The summed E-state index contributed by atoms with van der Waals surface area (Å²) < 4.78 is 13.5. The Bertz CT molecular complexity index is 1110. The number of aryl methyl sites for hydroxylation is 1. The third kappa shape index (κ3) is 8.52. The fraction of sp³-hybridized carbons (Fsp3) is 0.333. The van der Waals surface area contributed by atoms with Crippen LogP contribution < -0.4 is 5.32 Å². The summed E-state index contributed by atoms with van der Waals surface area (Å²) in [6, 6.07) is 23.3. The SMILES string of the molecule is CCCCNC(=O)[C@H](Cc1ccccc1)N(Cc1ccc(F)cc1)C(=O)CSCc1ccccc1C. The first-order chi connectivity index (χ1) is 17.5. The van der Waals surface area contributed by atoms with Crippen molar-refractivity contribution in [3.05, 3.63) is 107 Å². The zero-order valence-electron chi connectivity index (χ0n) is 21.1. The van der Waals surface area contributed by atoms with Crippen LogP contribution in [-0.4, -0.2) is 35.1 Å². The van der Waals surface area contributed by atoms with Crippen LogP contribution in [0.5, 0.6) is 0 Å². The standard InChI is InChI=1S/C30H35FN2O2S/c1-3-4-18-32-30(35)28(19-24-11-6-5-7-12-24)33(20-25-14-16-27(31)17-15-25)29(34)22-36-21-26-13-9-8-10-23(26)2/h5-17,28H,3-4,18-22H2,1-2H3,(H,32,35)/t28-/m0/s1. The maximum atomic E-state index is 13.6. The largest absolute Gasteiger partial charge is 0.354 e. The molecule has 0 heterocycles. The van der Waals surface area contributed by atoms with Crippen LogP contribution in [0.1, 0.15) is 42.0 Å². The van der Waals surface area contributed by atoms with Gasteiger partial charge in [-0.2, -0.15) is 0 Å². The van der Waals surface area contributed by atoms with Gasteiger partial charge in [0.2, 0.25) is 11.8 Å². The molecule has 3 aromatic carbocycles. The maximum absolute atomic E-state index is 13.6. The van der Waals surface area contributed by atoms with Gasteiger partial charge in [0.15, 0.2) is 0 Å². The lowest BCUT2D eigenvalue weighted by Crippen LogP contribution is -2.51. The summed E-state index contributed by atoms with van der Waals surface area (Å²) >= 11 is 1.54. The van der Waals surface area contributed by atoms with E-state index in [4.69, 9.17) is 0 Å². The summed E-state index contributed by atoms with van der Waals surface area (Å²) in [6.45, 7) is 4.95. The van der Waals surface area contributed by atoms with Gasteiger partial charge in [-0.1, -0.05) is 80.1 Å². The third-order valence-electron chi connectivity index (χ3n) is 6.11. The van der Waals surface area contributed by atoms with Crippen LogP contribution in [0.2, 0.25) is 0 Å². The summed E-state index contributed by atoms with van der Waals surface area (Å²) in [5.74, 6) is 0.373. The van der Waals surface area contributed by atoms with Crippen LogP contribution in [0.3, 0.4) is 0 Å². The van der Waals surface area contributed by atoms with Gasteiger partial charge in [-0.15, -0.1) is 11.8 Å². The van der Waals surface area contributed by atoms with Crippen LogP contribution in [0.25, 0.3) is 0 Å². The molecule has 190 valence electrons. The van der Waals surface area contributed by atoms with Gasteiger partial charge in [0.25, 0.3) is 0 Å². The first-order valence-electron chi connectivity index (χ1n) is 12.5. The summed E-state index contributed by atoms with van der Waals surface area (Å²) in [7, 11) is 0. The maximum Gasteiger partial charge on any atom is 0.243 e. The van der Waals surface area contributed by atoms with Gasteiger partial charge in [0.1, 0.15) is 11.9 Å². The molecule has 0 fully saturated rings. The van der Waals surface area contributed by atoms with Crippen molar-refractivity contribution in [2.75, 3.05) is 12.3 Å². The number of amides is 2. The second-order valence-corrected chi connectivity index (χ2v) is 9.90. The molecule has 0 aliphatic heterocycles. The molecule has 0 aromatic heterocycles. The summed E-state index contributed by atoms with van der Waals surface area (Å²) in [5, 5.41) is 3.02. The molecule has 36 heavy (non-hydrogen) atoms. The van der Waals surface area contributed by atoms with E-state index in [9.17, 15) is 14.0 Å². The van der Waals surface area contributed by atoms with Crippen LogP contribution >= 0.6 is 11.8 Å². The second kappa shape index (κ2) is 14.4. The number of rotatable bonds is 13. The molecule has 0 saturated carbocycles. The van der Waals surface area contributed by atoms with Crippen LogP contribution in [0.4, 0.5) is 4.39 Å². The molecule has 6 heteroatoms. The molecule has 1 atom stereocenters. The normalized spacial score (nSPS) is 11.6. The highest BCUT2D eigenvalue weighted by Crippen LogP contribution is 2.20. The Kier molecular flexibility index (Phi) is 11.0. The number of halogens is 1. The lowest BCUT2D eigenvalue weighted by atomic mass is 10.0. The predicted molar refractivity (Wildman–Crippen MR) is 146 cm³/mol. The van der Waals surface area contributed by atoms with E-state index in [2.05, 4.69) is 31.3 Å². The molecule has 0 aliphatic carbocycles. The first-order valence-corrected chi connectivity index (χ1v) is 13.6. The molecule has 0 radical (unpaired) electrons. The zero-order chi connectivity index (χ0) is 25.8. The van der Waals surface area contributed by atoms with Crippen molar-refractivity contribution in [3.8, 4) is 0 Å². The predicted octanol–water partition coefficient (Wildman–Crippen LogP) is 5.92. The van der Waals surface area contributed by atoms with Gasteiger partial charge in [-0.3, -0.25) is 9.59 Å². The van der Waals surface area contributed by atoms with Crippen molar-refractivity contribution in [1.82, 2.24) is 10.2 Å². The smallest absolute Gasteiger partial charge is 0.243 e. The molecule has 3 aromatic rings. The molecular formula is C30H35FN2O2S. The monoisotopic (exact) mass is 506 g/mol. The minimum atomic E-state index is -0.666. The number of nitrogens with zero attached hydrogens (tertiary/aromatic N) is 1. The van der Waals surface area contributed by atoms with Crippen molar-refractivity contribution in [1.29, 1.82) is 0 Å². The fourth-order valence-electron chi connectivity index (χ4n) is 3.95. The van der Waals surface area contributed by atoms with Gasteiger partial charge >= 0.3 is 0 Å². The van der Waals surface area contributed by atoms with E-state index >= 15 is 0 Å². The molecule has 0 bridgehead atoms. The fourth-order valence-corrected chi connectivity index (χ4v) is 4.94. The Labute approximate surface area is 218 Å². The van der Waals surface area contributed by atoms with E-state index in [1.54, 1.807) is 28.8 Å². The van der Waals surface area contributed by atoms with Crippen molar-refractivity contribution in [2.24, 2.45) is 0 Å². The molecule has 3 rings (SSSR count). The van der Waals surface area contributed by atoms with Crippen molar-refractivity contribution in [3.63, 3.8) is 0 Å². The topological polar surface area (TPSA) is 49.4 Å². The highest BCUT2D eigenvalue weighted by molar-refractivity contribution is 7.99. The van der Waals surface area contributed by atoms with E-state index in [1.165, 1.54) is 23.3 Å². The Morgan fingerprint density at radius 1 is 0.944 bits per heavy atom. The highest BCUT2D eigenvalue weighted by Gasteiger charge is 2.30. The molecule has 0 spiro atoms. The Hall–Kier alpha value is -3.12. The average molecular weight is 507 g/mol. The van der Waals surface area contributed by atoms with E-state index in [0.717, 1.165) is 29.7 Å². The van der Waals surface area contributed by atoms with E-state index in [1.807, 2.05) is 42.5 Å². The molecule has 0 saturated heterocycles. The van der Waals surface area contributed by atoms with Crippen molar-refractivity contribution < 1.29 is 14.0 Å². The minimum Gasteiger partial charge on any atom is -0.354 e. The van der Waals surface area contributed by atoms with Crippen molar-refractivity contribution in [2.45, 2.75) is 51.4 Å². The number of carbonyl (C=O) groups excluding carboxylic acids is 2. The number of hydrogen-bond acceptors (Lipinski definition) is 3. The number of thioether (sulfide) groups is 1. The van der Waals surface area contributed by atoms with Gasteiger partial charge in [0.05, 0.1) is 5.75 Å². The van der Waals surface area contributed by atoms with E-state index < -0.39 is 6.04 Å². The number of hydrogen-bond donors (Lipinski definition) is 1. The number of nitrogens with one attached hydrogen (secondary N) is 1. The van der Waals surface area contributed by atoms with Crippen LogP contribution in [-0.2, 0) is 28.3 Å². The van der Waals surface area contributed by atoms with E-state index in [0.29, 0.717) is 13.0 Å². The molecule has 2 amide bonds. The van der Waals surface area contributed by atoms with E-state index in [-0.39, 0.29) is 29.9 Å². The Morgan fingerprint density at radius 3 is 2.33 bits per heavy atom. The lowest BCUT2D eigenvalue weighted by Gasteiger charge is -2.31. The van der Waals surface area contributed by atoms with Gasteiger partial charge in [-0.05, 0) is 47.7 Å². The molecular weight excluding hydrogens is 471 g/mol. The lowest BCUT2D eigenvalue weighted by molar-refractivity contribution is -0.139. The number of carbonyl (C=O) groups is 2. The molecule has 0 unspecified atom stereocenters. The summed E-state index contributed by atoms with van der Waals surface area (Å²) in [5.41, 5.74) is 4.15. The van der Waals surface area contributed by atoms with Gasteiger partial charge in [0, 0.05) is 25.3 Å². The second-order valence-electron chi connectivity index (χ2n) is 8.92. The summed E-state index contributed by atoms with van der Waals surface area (Å²) in [4.78, 5) is 28.6. The number of unbranched alkanes of at least 4 members (excludes halogenated alkanes) is 1. The summed E-state index contributed by atoms with van der Waals surface area (Å²) in [6.07, 6.45) is 2.26. The zero-order valence-corrected chi connectivity index (χ0v) is 21.9. The average Bonchev–Trinajstić information content (AvgIpc) is 2.89. The van der Waals surface area contributed by atoms with Gasteiger partial charge in [-0.25, -0.2) is 4.39 Å². The van der Waals surface area contributed by atoms with Gasteiger partial charge < -0.3 is 10.2 Å². The molecule has 0 aliphatic rings. The highest BCUT2D eigenvalue weighted by atomic mass is 32.2. The van der Waals surface area contributed by atoms with Crippen LogP contribution in [0, 0.1) is 12.7 Å². The third-order valence-corrected chi connectivity index (χ3v) is 7.08. The molecule has 1 N–H and O–H groups in total. The first kappa shape index (κ1) is 27.5. The molecule has 4 nitrogen and oxygen atoms in total.